The van der Waals surface area contributed by atoms with Crippen LogP contribution in [-0.2, 0) is 0 Å². The molecule has 0 unspecified atom stereocenters. The van der Waals surface area contributed by atoms with Gasteiger partial charge in [-0.25, -0.2) is 9.97 Å². The predicted molar refractivity (Wildman–Crippen MR) is 74.8 cm³/mol. The second-order valence-electron chi connectivity index (χ2n) is 5.94. The highest BCUT2D eigenvalue weighted by molar-refractivity contribution is 5.28. The maximum absolute atomic E-state index is 4.43. The van der Waals surface area contributed by atoms with E-state index in [4.69, 9.17) is 0 Å². The Kier molecular flexibility index (Phi) is 3.85. The summed E-state index contributed by atoms with van der Waals surface area (Å²) in [6, 6.07) is 2.00. The normalized spacial score (nSPS) is 19.8. The van der Waals surface area contributed by atoms with Crippen molar-refractivity contribution in [1.82, 2.24) is 14.9 Å². The van der Waals surface area contributed by atoms with E-state index in [1.807, 2.05) is 19.9 Å². The molecule has 0 atom stereocenters. The zero-order valence-electron chi connectivity index (χ0n) is 12.0. The van der Waals surface area contributed by atoms with E-state index >= 15 is 0 Å². The number of anilines is 1. The average Bonchev–Trinajstić information content (AvgIpc) is 2.30. The summed E-state index contributed by atoms with van der Waals surface area (Å²) in [6.07, 6.45) is 2.47. The molecule has 100 valence electrons. The lowest BCUT2D eigenvalue weighted by atomic mass is 9.80. The van der Waals surface area contributed by atoms with Crippen molar-refractivity contribution < 1.29 is 0 Å². The molecule has 1 N–H and O–H groups in total. The molecule has 0 aliphatic carbocycles. The third-order valence-corrected chi connectivity index (χ3v) is 3.85. The third kappa shape index (κ3) is 3.42. The lowest BCUT2D eigenvalue weighted by Crippen LogP contribution is -2.40. The highest BCUT2D eigenvalue weighted by atomic mass is 15.1. The van der Waals surface area contributed by atoms with Gasteiger partial charge in [-0.05, 0) is 58.3 Å². The fraction of sp³-hybridized carbons (Fsp3) is 0.714. The molecule has 0 radical (unpaired) electrons. The summed E-state index contributed by atoms with van der Waals surface area (Å²) in [7, 11) is 2.19. The van der Waals surface area contributed by atoms with Crippen molar-refractivity contribution in [2.75, 3.05) is 32.0 Å². The number of aryl methyl sites for hydroxylation is 2. The second-order valence-corrected chi connectivity index (χ2v) is 5.94. The maximum Gasteiger partial charge on any atom is 0.223 e. The van der Waals surface area contributed by atoms with Crippen LogP contribution in [0.3, 0.4) is 0 Å². The van der Waals surface area contributed by atoms with Crippen molar-refractivity contribution in [3.8, 4) is 0 Å². The van der Waals surface area contributed by atoms with Gasteiger partial charge in [0.1, 0.15) is 0 Å². The van der Waals surface area contributed by atoms with Gasteiger partial charge in [-0.3, -0.25) is 0 Å². The van der Waals surface area contributed by atoms with Crippen LogP contribution in [0.2, 0.25) is 0 Å². The molecule has 1 aromatic heterocycles. The second kappa shape index (κ2) is 5.22. The first-order valence-corrected chi connectivity index (χ1v) is 6.72. The van der Waals surface area contributed by atoms with E-state index in [1.54, 1.807) is 0 Å². The van der Waals surface area contributed by atoms with Gasteiger partial charge in [0.2, 0.25) is 5.95 Å². The van der Waals surface area contributed by atoms with Crippen LogP contribution in [0.15, 0.2) is 6.07 Å². The van der Waals surface area contributed by atoms with Gasteiger partial charge in [0.25, 0.3) is 0 Å². The summed E-state index contributed by atoms with van der Waals surface area (Å²) < 4.78 is 0. The molecule has 0 amide bonds. The summed E-state index contributed by atoms with van der Waals surface area (Å²) in [5.41, 5.74) is 2.42. The minimum Gasteiger partial charge on any atom is -0.354 e. The van der Waals surface area contributed by atoms with E-state index in [2.05, 4.69) is 34.2 Å². The summed E-state index contributed by atoms with van der Waals surface area (Å²) in [6.45, 7) is 9.71. The summed E-state index contributed by atoms with van der Waals surface area (Å²) in [5, 5.41) is 3.41. The van der Waals surface area contributed by atoms with Crippen molar-refractivity contribution in [2.45, 2.75) is 33.6 Å². The van der Waals surface area contributed by atoms with E-state index in [0.29, 0.717) is 5.41 Å². The minimum atomic E-state index is 0.369. The summed E-state index contributed by atoms with van der Waals surface area (Å²) in [5.74, 6) is 0.771. The molecule has 1 aliphatic rings. The Labute approximate surface area is 110 Å². The average molecular weight is 248 g/mol. The van der Waals surface area contributed by atoms with Gasteiger partial charge in [0.05, 0.1) is 0 Å². The van der Waals surface area contributed by atoms with E-state index in [9.17, 15) is 0 Å². The van der Waals surface area contributed by atoms with E-state index in [-0.39, 0.29) is 0 Å². The van der Waals surface area contributed by atoms with Crippen molar-refractivity contribution in [3.63, 3.8) is 0 Å². The molecule has 0 aromatic carbocycles. The van der Waals surface area contributed by atoms with E-state index < -0.39 is 0 Å². The summed E-state index contributed by atoms with van der Waals surface area (Å²) in [4.78, 5) is 11.3. The molecule has 0 bridgehead atoms. The van der Waals surface area contributed by atoms with Gasteiger partial charge in [0, 0.05) is 17.9 Å². The van der Waals surface area contributed by atoms with Gasteiger partial charge in [0.15, 0.2) is 0 Å². The third-order valence-electron chi connectivity index (χ3n) is 3.85. The standard InChI is InChI=1S/C14H24N4/c1-11-9-12(2)17-13(16-11)15-10-14(3)5-7-18(4)8-6-14/h9H,5-8,10H2,1-4H3,(H,15,16,17). The molecule has 0 spiro atoms. The Morgan fingerprint density at radius 2 is 1.78 bits per heavy atom. The minimum absolute atomic E-state index is 0.369. The number of piperidine rings is 1. The maximum atomic E-state index is 4.43. The molecule has 1 fully saturated rings. The smallest absolute Gasteiger partial charge is 0.223 e. The molecule has 2 heterocycles. The quantitative estimate of drug-likeness (QED) is 0.890. The Bertz CT molecular complexity index is 388. The highest BCUT2D eigenvalue weighted by Crippen LogP contribution is 2.30. The SMILES string of the molecule is Cc1cc(C)nc(NCC2(C)CCN(C)CC2)n1. The molecule has 4 heteroatoms. The first kappa shape index (κ1) is 13.3. The van der Waals surface area contributed by atoms with Crippen LogP contribution in [0, 0.1) is 19.3 Å². The molecule has 1 aromatic rings. The van der Waals surface area contributed by atoms with Gasteiger partial charge < -0.3 is 10.2 Å². The van der Waals surface area contributed by atoms with Gasteiger partial charge >= 0.3 is 0 Å². The molecule has 1 saturated heterocycles. The molecule has 4 nitrogen and oxygen atoms in total. The van der Waals surface area contributed by atoms with Crippen molar-refractivity contribution in [3.05, 3.63) is 17.5 Å². The lowest BCUT2D eigenvalue weighted by Gasteiger charge is -2.37. The first-order chi connectivity index (χ1) is 8.47. The largest absolute Gasteiger partial charge is 0.354 e. The van der Waals surface area contributed by atoms with Gasteiger partial charge in [-0.1, -0.05) is 6.92 Å². The number of rotatable bonds is 3. The highest BCUT2D eigenvalue weighted by Gasteiger charge is 2.28. The van der Waals surface area contributed by atoms with Crippen LogP contribution in [0.25, 0.3) is 0 Å². The van der Waals surface area contributed by atoms with Crippen molar-refractivity contribution >= 4 is 5.95 Å². The first-order valence-electron chi connectivity index (χ1n) is 6.72. The zero-order valence-corrected chi connectivity index (χ0v) is 12.0. The number of aromatic nitrogens is 2. The van der Waals surface area contributed by atoms with Crippen LogP contribution < -0.4 is 5.32 Å². The molecule has 2 rings (SSSR count). The van der Waals surface area contributed by atoms with Crippen LogP contribution >= 0.6 is 0 Å². The number of hydrogen-bond acceptors (Lipinski definition) is 4. The topological polar surface area (TPSA) is 41.1 Å². The Balaban J connectivity index is 1.94. The summed E-state index contributed by atoms with van der Waals surface area (Å²) >= 11 is 0. The van der Waals surface area contributed by atoms with Gasteiger partial charge in [-0.15, -0.1) is 0 Å². The lowest BCUT2D eigenvalue weighted by molar-refractivity contribution is 0.150. The number of nitrogens with zero attached hydrogens (tertiary/aromatic N) is 3. The van der Waals surface area contributed by atoms with Gasteiger partial charge in [-0.2, -0.15) is 0 Å². The number of hydrogen-bond donors (Lipinski definition) is 1. The fourth-order valence-corrected chi connectivity index (χ4v) is 2.43. The predicted octanol–water partition coefficient (Wildman–Crippen LogP) is 2.24. The van der Waals surface area contributed by atoms with Crippen LogP contribution in [0.1, 0.15) is 31.2 Å². The Hall–Kier alpha value is -1.16. The van der Waals surface area contributed by atoms with Crippen molar-refractivity contribution in [2.24, 2.45) is 5.41 Å². The number of nitrogens with one attached hydrogen (secondary N) is 1. The molecule has 0 saturated carbocycles. The van der Waals surface area contributed by atoms with Crippen LogP contribution in [0.4, 0.5) is 5.95 Å². The molecule has 18 heavy (non-hydrogen) atoms. The van der Waals surface area contributed by atoms with Crippen LogP contribution in [-0.4, -0.2) is 41.5 Å². The van der Waals surface area contributed by atoms with Crippen molar-refractivity contribution in [1.29, 1.82) is 0 Å². The van der Waals surface area contributed by atoms with E-state index in [0.717, 1.165) is 23.9 Å². The van der Waals surface area contributed by atoms with E-state index in [1.165, 1.54) is 25.9 Å². The molecular formula is C14H24N4. The molecular weight excluding hydrogens is 224 g/mol. The zero-order chi connectivity index (χ0) is 13.2. The Morgan fingerprint density at radius 3 is 2.33 bits per heavy atom. The monoisotopic (exact) mass is 248 g/mol. The number of likely N-dealkylation sites (tertiary alicyclic amines) is 1. The fourth-order valence-electron chi connectivity index (χ4n) is 2.43. The van der Waals surface area contributed by atoms with Crippen LogP contribution in [0.5, 0.6) is 0 Å². The molecule has 1 aliphatic heterocycles. The Morgan fingerprint density at radius 1 is 1.22 bits per heavy atom.